The van der Waals surface area contributed by atoms with Gasteiger partial charge in [0.25, 0.3) is 0 Å². The molecule has 3 nitrogen and oxygen atoms in total. The Hall–Kier alpha value is -1.12. The lowest BCUT2D eigenvalue weighted by atomic mass is 10.1. The molecule has 0 bridgehead atoms. The fourth-order valence-electron chi connectivity index (χ4n) is 0.261. The van der Waals surface area contributed by atoms with Gasteiger partial charge < -0.3 is 5.11 Å². The molecular weight excluding hydrogens is 120 g/mol. The Kier molecular flexibility index (Phi) is 2.64. The lowest BCUT2D eigenvalue weighted by molar-refractivity contribution is -0.140. The van der Waals surface area contributed by atoms with E-state index < -0.39 is 11.9 Å². The molecule has 50 valence electrons. The molecule has 1 unspecified atom stereocenters. The van der Waals surface area contributed by atoms with Gasteiger partial charge in [-0.15, -0.1) is 0 Å². The van der Waals surface area contributed by atoms with Crippen LogP contribution in [0.5, 0.6) is 0 Å². The van der Waals surface area contributed by atoms with Gasteiger partial charge in [-0.3, -0.25) is 9.59 Å². The van der Waals surface area contributed by atoms with Crippen LogP contribution in [0.15, 0.2) is 12.2 Å². The minimum Gasteiger partial charge on any atom is -0.481 e. The van der Waals surface area contributed by atoms with E-state index in [-0.39, 0.29) is 5.57 Å². The topological polar surface area (TPSA) is 54.4 Å². The van der Waals surface area contributed by atoms with Crippen LogP contribution in [-0.2, 0) is 9.59 Å². The second-order valence-electron chi connectivity index (χ2n) is 1.75. The van der Waals surface area contributed by atoms with Crippen molar-refractivity contribution in [2.45, 2.75) is 6.92 Å². The summed E-state index contributed by atoms with van der Waals surface area (Å²) in [6, 6.07) is 0. The van der Waals surface area contributed by atoms with E-state index in [4.69, 9.17) is 5.11 Å². The molecule has 1 N–H and O–H groups in total. The van der Waals surface area contributed by atoms with Gasteiger partial charge in [-0.25, -0.2) is 0 Å². The van der Waals surface area contributed by atoms with E-state index in [9.17, 15) is 9.59 Å². The maximum atomic E-state index is 10.1. The second kappa shape index (κ2) is 3.02. The molecule has 0 aliphatic rings. The summed E-state index contributed by atoms with van der Waals surface area (Å²) in [7, 11) is 0. The molecule has 0 fully saturated rings. The van der Waals surface area contributed by atoms with E-state index in [0.29, 0.717) is 6.29 Å². The number of hydrogen-bond acceptors (Lipinski definition) is 2. The lowest BCUT2D eigenvalue weighted by Gasteiger charge is -2.00. The molecule has 0 aliphatic heterocycles. The van der Waals surface area contributed by atoms with E-state index in [2.05, 4.69) is 6.58 Å². The summed E-state index contributed by atoms with van der Waals surface area (Å²) in [5, 5.41) is 8.26. The van der Waals surface area contributed by atoms with Gasteiger partial charge in [-0.2, -0.15) is 0 Å². The predicted octanol–water partition coefficient (Wildman–Crippen LogP) is 0.462. The molecule has 0 aromatic carbocycles. The third-order valence-electron chi connectivity index (χ3n) is 1.08. The van der Waals surface area contributed by atoms with Crippen molar-refractivity contribution in [3.8, 4) is 0 Å². The zero-order valence-electron chi connectivity index (χ0n) is 5.13. The third kappa shape index (κ3) is 2.08. The normalized spacial score (nSPS) is 12.1. The Morgan fingerprint density at radius 2 is 2.22 bits per heavy atom. The number of rotatable bonds is 3. The zero-order chi connectivity index (χ0) is 7.44. The van der Waals surface area contributed by atoms with Gasteiger partial charge >= 0.3 is 5.97 Å². The first kappa shape index (κ1) is 7.88. The van der Waals surface area contributed by atoms with Crippen molar-refractivity contribution in [3.05, 3.63) is 12.2 Å². The zero-order valence-corrected chi connectivity index (χ0v) is 5.13. The van der Waals surface area contributed by atoms with Crippen molar-refractivity contribution in [1.82, 2.24) is 0 Å². The minimum atomic E-state index is -1.02. The third-order valence-corrected chi connectivity index (χ3v) is 1.08. The predicted molar refractivity (Wildman–Crippen MR) is 32.0 cm³/mol. The van der Waals surface area contributed by atoms with Crippen LogP contribution in [0.2, 0.25) is 0 Å². The van der Waals surface area contributed by atoms with Gasteiger partial charge in [0.2, 0.25) is 0 Å². The van der Waals surface area contributed by atoms with Gasteiger partial charge in [-0.1, -0.05) is 6.58 Å². The smallest absolute Gasteiger partial charge is 0.310 e. The summed E-state index contributed by atoms with van der Waals surface area (Å²) in [6.07, 6.45) is 0.457. The van der Waals surface area contributed by atoms with Crippen molar-refractivity contribution >= 4 is 12.3 Å². The largest absolute Gasteiger partial charge is 0.481 e. The number of aliphatic carboxylic acids is 1. The molecule has 0 spiro atoms. The Bertz CT molecular complexity index is 148. The standard InChI is InChI=1S/C6H8O3/c1-4(3-7)5(2)6(8)9/h3,5H,1H2,2H3,(H,8,9). The van der Waals surface area contributed by atoms with Crippen LogP contribution in [0.25, 0.3) is 0 Å². The Morgan fingerprint density at radius 3 is 2.33 bits per heavy atom. The van der Waals surface area contributed by atoms with Gasteiger partial charge in [-0.05, 0) is 12.5 Å². The van der Waals surface area contributed by atoms with Gasteiger partial charge in [0.15, 0.2) is 0 Å². The molecule has 0 saturated heterocycles. The summed E-state index contributed by atoms with van der Waals surface area (Å²) >= 11 is 0. The molecule has 0 heterocycles. The van der Waals surface area contributed by atoms with E-state index in [1.165, 1.54) is 6.92 Å². The molecule has 0 saturated carbocycles. The Balaban J connectivity index is 4.03. The molecule has 0 rings (SSSR count). The lowest BCUT2D eigenvalue weighted by Crippen LogP contribution is -2.11. The van der Waals surface area contributed by atoms with Crippen LogP contribution in [0.4, 0.5) is 0 Å². The molecule has 3 heteroatoms. The number of hydrogen-bond donors (Lipinski definition) is 1. The molecule has 1 atom stereocenters. The molecule has 0 aromatic rings. The summed E-state index contributed by atoms with van der Waals surface area (Å²) < 4.78 is 0. The number of aldehydes is 1. The van der Waals surface area contributed by atoms with E-state index in [0.717, 1.165) is 0 Å². The van der Waals surface area contributed by atoms with Crippen LogP contribution < -0.4 is 0 Å². The average molecular weight is 128 g/mol. The maximum absolute atomic E-state index is 10.1. The minimum absolute atomic E-state index is 0.0995. The maximum Gasteiger partial charge on any atom is 0.310 e. The van der Waals surface area contributed by atoms with Gasteiger partial charge in [0.1, 0.15) is 6.29 Å². The van der Waals surface area contributed by atoms with Gasteiger partial charge in [0.05, 0.1) is 5.92 Å². The first-order valence-corrected chi connectivity index (χ1v) is 2.46. The fraction of sp³-hybridized carbons (Fsp3) is 0.333. The van der Waals surface area contributed by atoms with Gasteiger partial charge in [0, 0.05) is 0 Å². The average Bonchev–Trinajstić information content (AvgIpc) is 1.84. The van der Waals surface area contributed by atoms with Crippen LogP contribution in [0.1, 0.15) is 6.92 Å². The SMILES string of the molecule is C=C(C=O)C(C)C(=O)O. The molecule has 0 aromatic heterocycles. The highest BCUT2D eigenvalue weighted by atomic mass is 16.4. The molecule has 0 amide bonds. The van der Waals surface area contributed by atoms with E-state index in [1.807, 2.05) is 0 Å². The van der Waals surface area contributed by atoms with Crippen LogP contribution in [0.3, 0.4) is 0 Å². The van der Waals surface area contributed by atoms with Crippen LogP contribution in [-0.4, -0.2) is 17.4 Å². The Morgan fingerprint density at radius 1 is 1.78 bits per heavy atom. The van der Waals surface area contributed by atoms with Crippen molar-refractivity contribution in [2.24, 2.45) is 5.92 Å². The molecule has 0 radical (unpaired) electrons. The highest BCUT2D eigenvalue weighted by Gasteiger charge is 2.12. The molecule has 0 aliphatic carbocycles. The van der Waals surface area contributed by atoms with Crippen molar-refractivity contribution < 1.29 is 14.7 Å². The molecule has 9 heavy (non-hydrogen) atoms. The summed E-state index contributed by atoms with van der Waals surface area (Å²) in [5.74, 6) is -1.78. The first-order chi connectivity index (χ1) is 4.09. The van der Waals surface area contributed by atoms with Crippen molar-refractivity contribution in [3.63, 3.8) is 0 Å². The summed E-state index contributed by atoms with van der Waals surface area (Å²) in [6.45, 7) is 4.66. The first-order valence-electron chi connectivity index (χ1n) is 2.46. The van der Waals surface area contributed by atoms with E-state index >= 15 is 0 Å². The number of carboxylic acids is 1. The van der Waals surface area contributed by atoms with Crippen molar-refractivity contribution in [2.75, 3.05) is 0 Å². The number of carbonyl (C=O) groups excluding carboxylic acids is 1. The van der Waals surface area contributed by atoms with E-state index in [1.54, 1.807) is 0 Å². The number of carboxylic acid groups (broad SMARTS) is 1. The van der Waals surface area contributed by atoms with Crippen molar-refractivity contribution in [1.29, 1.82) is 0 Å². The fourth-order valence-corrected chi connectivity index (χ4v) is 0.261. The molecular formula is C6H8O3. The van der Waals surface area contributed by atoms with Crippen LogP contribution >= 0.6 is 0 Å². The quantitative estimate of drug-likeness (QED) is 0.443. The Labute approximate surface area is 53.0 Å². The van der Waals surface area contributed by atoms with Crippen LogP contribution in [0, 0.1) is 5.92 Å². The second-order valence-corrected chi connectivity index (χ2v) is 1.75. The summed E-state index contributed by atoms with van der Waals surface area (Å²) in [4.78, 5) is 20.0. The number of carbonyl (C=O) groups is 2. The highest BCUT2D eigenvalue weighted by molar-refractivity contribution is 5.84. The monoisotopic (exact) mass is 128 g/mol. The summed E-state index contributed by atoms with van der Waals surface area (Å²) in [5.41, 5.74) is 0.0995. The highest BCUT2D eigenvalue weighted by Crippen LogP contribution is 2.03.